The standard InChI is InChI=1S/C18H32N4O4S/c1-3-21(4-2)27(25,26)22-11-7-15(8-12-22)14-5-9-20(10-6-14)16-13-17(23)19-18(16)24/h14-16H,3-13H2,1-2H3,(H,19,23,24)/t16-/m0/s1. The lowest BCUT2D eigenvalue weighted by atomic mass is 9.79. The zero-order chi connectivity index (χ0) is 19.6. The second-order valence-corrected chi connectivity index (χ2v) is 9.76. The molecule has 1 atom stereocenters. The first-order chi connectivity index (χ1) is 12.9. The minimum absolute atomic E-state index is 0.159. The molecule has 9 heteroatoms. The van der Waals surface area contributed by atoms with Gasteiger partial charge in [-0.2, -0.15) is 17.0 Å². The molecule has 0 bridgehead atoms. The second kappa shape index (κ2) is 8.55. The molecule has 0 aromatic carbocycles. The molecule has 1 N–H and O–H groups in total. The Balaban J connectivity index is 1.49. The fraction of sp³-hybridized carbons (Fsp3) is 0.889. The van der Waals surface area contributed by atoms with Gasteiger partial charge in [-0.3, -0.25) is 19.8 Å². The molecule has 0 aromatic rings. The highest BCUT2D eigenvalue weighted by atomic mass is 32.2. The van der Waals surface area contributed by atoms with E-state index in [2.05, 4.69) is 10.2 Å². The molecule has 0 aliphatic carbocycles. The third kappa shape index (κ3) is 4.36. The predicted molar refractivity (Wildman–Crippen MR) is 102 cm³/mol. The predicted octanol–water partition coefficient (Wildman–Crippen LogP) is 0.412. The fourth-order valence-corrected chi connectivity index (χ4v) is 6.48. The minimum Gasteiger partial charge on any atom is -0.295 e. The van der Waals surface area contributed by atoms with Crippen molar-refractivity contribution in [2.24, 2.45) is 11.8 Å². The summed E-state index contributed by atoms with van der Waals surface area (Å²) >= 11 is 0. The van der Waals surface area contributed by atoms with Crippen LogP contribution in [0.3, 0.4) is 0 Å². The maximum Gasteiger partial charge on any atom is 0.281 e. The Morgan fingerprint density at radius 1 is 0.963 bits per heavy atom. The number of piperidine rings is 2. The highest BCUT2D eigenvalue weighted by molar-refractivity contribution is 7.86. The van der Waals surface area contributed by atoms with Gasteiger partial charge in [0.2, 0.25) is 11.8 Å². The van der Waals surface area contributed by atoms with E-state index in [1.165, 1.54) is 4.31 Å². The smallest absolute Gasteiger partial charge is 0.281 e. The van der Waals surface area contributed by atoms with Gasteiger partial charge in [0, 0.05) is 26.2 Å². The molecular formula is C18H32N4O4S. The van der Waals surface area contributed by atoms with Gasteiger partial charge >= 0.3 is 0 Å². The lowest BCUT2D eigenvalue weighted by Crippen LogP contribution is -2.49. The average molecular weight is 401 g/mol. The molecule has 3 fully saturated rings. The van der Waals surface area contributed by atoms with Crippen molar-refractivity contribution in [3.63, 3.8) is 0 Å². The summed E-state index contributed by atoms with van der Waals surface area (Å²) < 4.78 is 28.5. The zero-order valence-corrected chi connectivity index (χ0v) is 17.2. The molecule has 3 aliphatic heterocycles. The van der Waals surface area contributed by atoms with Crippen LogP contribution in [0.25, 0.3) is 0 Å². The zero-order valence-electron chi connectivity index (χ0n) is 16.4. The van der Waals surface area contributed by atoms with Crippen LogP contribution >= 0.6 is 0 Å². The van der Waals surface area contributed by atoms with E-state index in [-0.39, 0.29) is 24.3 Å². The summed E-state index contributed by atoms with van der Waals surface area (Å²) in [6.45, 7) is 7.65. The number of carbonyl (C=O) groups is 2. The molecule has 3 rings (SSSR count). The van der Waals surface area contributed by atoms with Crippen LogP contribution < -0.4 is 5.32 Å². The van der Waals surface area contributed by atoms with Crippen LogP contribution in [0.4, 0.5) is 0 Å². The van der Waals surface area contributed by atoms with Crippen molar-refractivity contribution >= 4 is 22.0 Å². The molecule has 0 spiro atoms. The van der Waals surface area contributed by atoms with Crippen molar-refractivity contribution in [1.82, 2.24) is 18.8 Å². The van der Waals surface area contributed by atoms with Gasteiger partial charge in [-0.05, 0) is 50.6 Å². The topological polar surface area (TPSA) is 90.0 Å². The summed E-state index contributed by atoms with van der Waals surface area (Å²) in [6, 6.07) is -0.292. The third-order valence-electron chi connectivity index (χ3n) is 6.48. The molecule has 27 heavy (non-hydrogen) atoms. The van der Waals surface area contributed by atoms with Gasteiger partial charge in [-0.1, -0.05) is 13.8 Å². The Bertz CT molecular complexity index is 648. The van der Waals surface area contributed by atoms with E-state index < -0.39 is 10.2 Å². The Morgan fingerprint density at radius 2 is 1.48 bits per heavy atom. The maximum atomic E-state index is 12.7. The molecule has 3 aliphatic rings. The molecular weight excluding hydrogens is 368 g/mol. The van der Waals surface area contributed by atoms with E-state index in [4.69, 9.17) is 0 Å². The van der Waals surface area contributed by atoms with Gasteiger partial charge in [0.05, 0.1) is 12.5 Å². The van der Waals surface area contributed by atoms with Gasteiger partial charge in [0.15, 0.2) is 0 Å². The number of hydrogen-bond donors (Lipinski definition) is 1. The highest BCUT2D eigenvalue weighted by Gasteiger charge is 2.39. The first kappa shape index (κ1) is 20.7. The number of likely N-dealkylation sites (tertiary alicyclic amines) is 1. The van der Waals surface area contributed by atoms with Crippen molar-refractivity contribution in [3.05, 3.63) is 0 Å². The molecule has 0 saturated carbocycles. The fourth-order valence-electron chi connectivity index (χ4n) is 4.83. The van der Waals surface area contributed by atoms with Gasteiger partial charge in [-0.25, -0.2) is 0 Å². The van der Waals surface area contributed by atoms with Gasteiger partial charge < -0.3 is 0 Å². The number of carbonyl (C=O) groups excluding carboxylic acids is 2. The molecule has 2 amide bonds. The Labute approximate surface area is 162 Å². The molecule has 0 aromatic heterocycles. The van der Waals surface area contributed by atoms with Crippen LogP contribution in [0.2, 0.25) is 0 Å². The van der Waals surface area contributed by atoms with Crippen LogP contribution in [0.15, 0.2) is 0 Å². The summed E-state index contributed by atoms with van der Waals surface area (Å²) in [7, 11) is -3.33. The average Bonchev–Trinajstić information content (AvgIpc) is 3.01. The SMILES string of the molecule is CCN(CC)S(=O)(=O)N1CCC(C2CCN([C@H]3CC(=O)NC3=O)CC2)CC1. The summed E-state index contributed by atoms with van der Waals surface area (Å²) in [4.78, 5) is 25.4. The molecule has 154 valence electrons. The van der Waals surface area contributed by atoms with Crippen molar-refractivity contribution in [3.8, 4) is 0 Å². The summed E-state index contributed by atoms with van der Waals surface area (Å²) in [6.07, 6.45) is 4.14. The highest BCUT2D eigenvalue weighted by Crippen LogP contribution is 2.34. The number of imide groups is 1. The molecule has 8 nitrogen and oxygen atoms in total. The maximum absolute atomic E-state index is 12.7. The number of nitrogens with zero attached hydrogens (tertiary/aromatic N) is 3. The second-order valence-electron chi connectivity index (χ2n) is 7.83. The largest absolute Gasteiger partial charge is 0.295 e. The van der Waals surface area contributed by atoms with E-state index in [0.29, 0.717) is 38.0 Å². The normalized spacial score (nSPS) is 27.4. The van der Waals surface area contributed by atoms with E-state index in [0.717, 1.165) is 38.8 Å². The monoisotopic (exact) mass is 400 g/mol. The number of amides is 2. The van der Waals surface area contributed by atoms with Crippen LogP contribution in [-0.2, 0) is 19.8 Å². The third-order valence-corrected chi connectivity index (χ3v) is 8.67. The lowest BCUT2D eigenvalue weighted by molar-refractivity contribution is -0.126. The minimum atomic E-state index is -3.33. The van der Waals surface area contributed by atoms with Crippen molar-refractivity contribution < 1.29 is 18.0 Å². The number of rotatable bonds is 6. The van der Waals surface area contributed by atoms with Gasteiger partial charge in [0.1, 0.15) is 0 Å². The lowest BCUT2D eigenvalue weighted by Gasteiger charge is -2.41. The van der Waals surface area contributed by atoms with Gasteiger partial charge in [-0.15, -0.1) is 0 Å². The first-order valence-electron chi connectivity index (χ1n) is 10.2. The van der Waals surface area contributed by atoms with Crippen molar-refractivity contribution in [2.75, 3.05) is 39.3 Å². The molecule has 3 heterocycles. The quantitative estimate of drug-likeness (QED) is 0.653. The van der Waals surface area contributed by atoms with Crippen molar-refractivity contribution in [2.45, 2.75) is 52.0 Å². The molecule has 3 saturated heterocycles. The number of nitrogens with one attached hydrogen (secondary N) is 1. The van der Waals surface area contributed by atoms with E-state index in [1.807, 2.05) is 13.8 Å². The van der Waals surface area contributed by atoms with Crippen LogP contribution in [-0.4, -0.2) is 79.1 Å². The Kier molecular flexibility index (Phi) is 6.55. The van der Waals surface area contributed by atoms with Crippen LogP contribution in [0.1, 0.15) is 46.0 Å². The van der Waals surface area contributed by atoms with E-state index in [9.17, 15) is 18.0 Å². The summed E-state index contributed by atoms with van der Waals surface area (Å²) in [5.41, 5.74) is 0. The van der Waals surface area contributed by atoms with Gasteiger partial charge in [0.25, 0.3) is 10.2 Å². The van der Waals surface area contributed by atoms with E-state index in [1.54, 1.807) is 4.31 Å². The molecule has 0 unspecified atom stereocenters. The van der Waals surface area contributed by atoms with Crippen molar-refractivity contribution in [1.29, 1.82) is 0 Å². The summed E-state index contributed by atoms with van der Waals surface area (Å²) in [5.74, 6) is 0.802. The van der Waals surface area contributed by atoms with Crippen LogP contribution in [0, 0.1) is 11.8 Å². The Hall–Kier alpha value is -1.03. The first-order valence-corrected chi connectivity index (χ1v) is 11.6. The summed E-state index contributed by atoms with van der Waals surface area (Å²) in [5, 5.41) is 2.39. The number of hydrogen-bond acceptors (Lipinski definition) is 5. The molecule has 0 radical (unpaired) electrons. The van der Waals surface area contributed by atoms with Crippen LogP contribution in [0.5, 0.6) is 0 Å². The Morgan fingerprint density at radius 3 is 1.93 bits per heavy atom. The van der Waals surface area contributed by atoms with E-state index >= 15 is 0 Å².